The Morgan fingerprint density at radius 1 is 1.19 bits per heavy atom. The number of nitrogens with zero attached hydrogens (tertiary/aromatic N) is 4. The predicted octanol–water partition coefficient (Wildman–Crippen LogP) is 1.29. The topological polar surface area (TPSA) is 50.3 Å². The van der Waals surface area contributed by atoms with Crippen LogP contribution >= 0.6 is 0 Å². The van der Waals surface area contributed by atoms with Gasteiger partial charge in [0, 0.05) is 31.7 Å². The summed E-state index contributed by atoms with van der Waals surface area (Å²) in [6.07, 6.45) is 6.38. The zero-order valence-electron chi connectivity index (χ0n) is 13.5. The summed E-state index contributed by atoms with van der Waals surface area (Å²) < 4.78 is 2.05. The summed E-state index contributed by atoms with van der Waals surface area (Å²) in [5, 5.41) is 4.62. The Morgan fingerprint density at radius 2 is 1.95 bits per heavy atom. The van der Waals surface area contributed by atoms with Gasteiger partial charge in [-0.2, -0.15) is 5.10 Å². The Balaban J connectivity index is 1.73. The van der Waals surface area contributed by atoms with Gasteiger partial charge >= 0.3 is 0 Å². The molecule has 2 saturated heterocycles. The van der Waals surface area contributed by atoms with Crippen molar-refractivity contribution in [3.63, 3.8) is 0 Å². The molecule has 0 spiro atoms. The van der Waals surface area contributed by atoms with Crippen molar-refractivity contribution >= 4 is 5.82 Å². The van der Waals surface area contributed by atoms with Gasteiger partial charge in [0.15, 0.2) is 0 Å². The molecule has 1 aromatic heterocycles. The third kappa shape index (κ3) is 2.94. The molecule has 5 heteroatoms. The van der Waals surface area contributed by atoms with E-state index in [9.17, 15) is 0 Å². The lowest BCUT2D eigenvalue weighted by molar-refractivity contribution is 0.174. The van der Waals surface area contributed by atoms with Gasteiger partial charge in [-0.1, -0.05) is 6.42 Å². The van der Waals surface area contributed by atoms with Gasteiger partial charge in [0.25, 0.3) is 0 Å². The molecule has 3 rings (SSSR count). The summed E-state index contributed by atoms with van der Waals surface area (Å²) in [5.74, 6) is 1.30. The van der Waals surface area contributed by atoms with E-state index < -0.39 is 0 Å². The van der Waals surface area contributed by atoms with E-state index in [0.717, 1.165) is 31.2 Å². The van der Waals surface area contributed by atoms with Gasteiger partial charge in [-0.3, -0.25) is 9.58 Å². The Morgan fingerprint density at radius 3 is 2.67 bits per heavy atom. The van der Waals surface area contributed by atoms with Crippen LogP contribution < -0.4 is 10.6 Å². The molecule has 2 N–H and O–H groups in total. The highest BCUT2D eigenvalue weighted by Gasteiger charge is 2.31. The van der Waals surface area contributed by atoms with Crippen molar-refractivity contribution in [1.29, 1.82) is 0 Å². The number of aromatic nitrogens is 2. The predicted molar refractivity (Wildman–Crippen MR) is 86.7 cm³/mol. The third-order valence-corrected chi connectivity index (χ3v) is 5.08. The van der Waals surface area contributed by atoms with Gasteiger partial charge in [0.2, 0.25) is 0 Å². The van der Waals surface area contributed by atoms with Crippen LogP contribution in [0.2, 0.25) is 0 Å². The first-order valence-corrected chi connectivity index (χ1v) is 8.42. The van der Waals surface area contributed by atoms with Crippen LogP contribution in [0.3, 0.4) is 0 Å². The Hall–Kier alpha value is -1.07. The van der Waals surface area contributed by atoms with Gasteiger partial charge < -0.3 is 10.6 Å². The van der Waals surface area contributed by atoms with E-state index >= 15 is 0 Å². The molecule has 0 aromatic carbocycles. The number of piperidine rings is 1. The standard InChI is InChI=1S/C16H29N5/c1-13-15(6-8-17)16(19(2)18-13)21-11-7-14(12-21)20-9-4-3-5-10-20/h14H,3-12,17H2,1-2H3. The maximum absolute atomic E-state index is 5.79. The van der Waals surface area contributed by atoms with E-state index in [1.54, 1.807) is 0 Å². The van der Waals surface area contributed by atoms with Gasteiger partial charge in [0.1, 0.15) is 5.82 Å². The first-order valence-electron chi connectivity index (χ1n) is 8.42. The van der Waals surface area contributed by atoms with Crippen LogP contribution in [0.25, 0.3) is 0 Å². The quantitative estimate of drug-likeness (QED) is 0.908. The van der Waals surface area contributed by atoms with Crippen LogP contribution in [0.15, 0.2) is 0 Å². The molecular weight excluding hydrogens is 262 g/mol. The minimum Gasteiger partial charge on any atom is -0.355 e. The summed E-state index contributed by atoms with van der Waals surface area (Å²) in [6.45, 7) is 7.68. The molecule has 118 valence electrons. The minimum absolute atomic E-state index is 0.697. The lowest BCUT2D eigenvalue weighted by Gasteiger charge is -2.32. The molecule has 0 bridgehead atoms. The monoisotopic (exact) mass is 291 g/mol. The van der Waals surface area contributed by atoms with Crippen LogP contribution in [-0.4, -0.2) is 53.4 Å². The molecule has 2 fully saturated rings. The molecule has 0 amide bonds. The zero-order chi connectivity index (χ0) is 14.8. The van der Waals surface area contributed by atoms with E-state index in [4.69, 9.17) is 5.73 Å². The van der Waals surface area contributed by atoms with Crippen LogP contribution in [0.1, 0.15) is 36.9 Å². The SMILES string of the molecule is Cc1nn(C)c(N2CCC(N3CCCCC3)C2)c1CCN. The first-order chi connectivity index (χ1) is 10.2. The molecule has 1 unspecified atom stereocenters. The number of rotatable bonds is 4. The number of anilines is 1. The highest BCUT2D eigenvalue weighted by Crippen LogP contribution is 2.29. The lowest BCUT2D eigenvalue weighted by atomic mass is 10.1. The Kier molecular flexibility index (Phi) is 4.50. The highest BCUT2D eigenvalue weighted by atomic mass is 15.4. The number of likely N-dealkylation sites (tertiary alicyclic amines) is 1. The largest absolute Gasteiger partial charge is 0.355 e. The molecule has 3 heterocycles. The summed E-state index contributed by atoms with van der Waals surface area (Å²) in [5.41, 5.74) is 8.27. The van der Waals surface area contributed by atoms with Crippen molar-refractivity contribution in [3.8, 4) is 0 Å². The molecule has 2 aliphatic heterocycles. The van der Waals surface area contributed by atoms with Crippen molar-refractivity contribution in [2.75, 3.05) is 37.6 Å². The molecule has 0 saturated carbocycles. The van der Waals surface area contributed by atoms with Crippen molar-refractivity contribution in [1.82, 2.24) is 14.7 Å². The summed E-state index contributed by atoms with van der Waals surface area (Å²) in [7, 11) is 2.07. The van der Waals surface area contributed by atoms with Crippen molar-refractivity contribution in [3.05, 3.63) is 11.3 Å². The van der Waals surface area contributed by atoms with E-state index in [0.29, 0.717) is 6.54 Å². The first kappa shape index (κ1) is 14.9. The molecule has 1 aromatic rings. The second kappa shape index (κ2) is 6.36. The van der Waals surface area contributed by atoms with Crippen molar-refractivity contribution in [2.24, 2.45) is 12.8 Å². The maximum atomic E-state index is 5.79. The Bertz CT molecular complexity index is 475. The average molecular weight is 291 g/mol. The van der Waals surface area contributed by atoms with Gasteiger partial charge in [-0.05, 0) is 52.2 Å². The van der Waals surface area contributed by atoms with Crippen LogP contribution in [-0.2, 0) is 13.5 Å². The Labute approximate surface area is 128 Å². The number of hydrogen-bond acceptors (Lipinski definition) is 4. The van der Waals surface area contributed by atoms with Crippen molar-refractivity contribution in [2.45, 2.75) is 45.1 Å². The van der Waals surface area contributed by atoms with Gasteiger partial charge in [-0.15, -0.1) is 0 Å². The number of hydrogen-bond donors (Lipinski definition) is 1. The second-order valence-corrected chi connectivity index (χ2v) is 6.53. The molecular formula is C16H29N5. The maximum Gasteiger partial charge on any atom is 0.130 e. The number of nitrogens with two attached hydrogens (primary N) is 1. The fourth-order valence-electron chi connectivity index (χ4n) is 4.04. The van der Waals surface area contributed by atoms with Crippen LogP contribution in [0.5, 0.6) is 0 Å². The molecule has 0 radical (unpaired) electrons. The van der Waals surface area contributed by atoms with Gasteiger partial charge in [0.05, 0.1) is 5.69 Å². The normalized spacial score (nSPS) is 24.0. The molecule has 1 atom stereocenters. The highest BCUT2D eigenvalue weighted by molar-refractivity contribution is 5.51. The third-order valence-electron chi connectivity index (χ3n) is 5.08. The zero-order valence-corrected chi connectivity index (χ0v) is 13.5. The fourth-order valence-corrected chi connectivity index (χ4v) is 4.04. The summed E-state index contributed by atoms with van der Waals surface area (Å²) in [6, 6.07) is 0.728. The van der Waals surface area contributed by atoms with E-state index in [1.807, 2.05) is 0 Å². The van der Waals surface area contributed by atoms with Crippen LogP contribution in [0, 0.1) is 6.92 Å². The van der Waals surface area contributed by atoms with E-state index in [1.165, 1.54) is 50.2 Å². The fraction of sp³-hybridized carbons (Fsp3) is 0.812. The molecule has 2 aliphatic rings. The molecule has 21 heavy (non-hydrogen) atoms. The number of aryl methyl sites for hydroxylation is 2. The van der Waals surface area contributed by atoms with Crippen molar-refractivity contribution < 1.29 is 0 Å². The van der Waals surface area contributed by atoms with E-state index in [2.05, 4.69) is 33.6 Å². The summed E-state index contributed by atoms with van der Waals surface area (Å²) >= 11 is 0. The molecule has 5 nitrogen and oxygen atoms in total. The van der Waals surface area contributed by atoms with Gasteiger partial charge in [-0.25, -0.2) is 0 Å². The average Bonchev–Trinajstić information content (AvgIpc) is 3.06. The van der Waals surface area contributed by atoms with E-state index in [-0.39, 0.29) is 0 Å². The van der Waals surface area contributed by atoms with Crippen LogP contribution in [0.4, 0.5) is 5.82 Å². The second-order valence-electron chi connectivity index (χ2n) is 6.53. The smallest absolute Gasteiger partial charge is 0.130 e. The lowest BCUT2D eigenvalue weighted by Crippen LogP contribution is -2.41. The minimum atomic E-state index is 0.697. The molecule has 0 aliphatic carbocycles. The summed E-state index contributed by atoms with van der Waals surface area (Å²) in [4.78, 5) is 5.24.